The Labute approximate surface area is 143 Å². The van der Waals surface area contributed by atoms with Crippen molar-refractivity contribution in [2.24, 2.45) is 0 Å². The van der Waals surface area contributed by atoms with E-state index in [1.54, 1.807) is 0 Å². The second kappa shape index (κ2) is 5.01. The third-order valence-electron chi connectivity index (χ3n) is 5.47. The predicted molar refractivity (Wildman–Crippen MR) is 98.2 cm³/mol. The summed E-state index contributed by atoms with van der Waals surface area (Å²) in [5.74, 6) is 0. The van der Waals surface area contributed by atoms with Gasteiger partial charge in [-0.05, 0) is 40.5 Å². The van der Waals surface area contributed by atoms with E-state index in [9.17, 15) is 0 Å². The SMILES string of the molecule is CC1(C)c2ccncc2C(C)(C)c2c(-c3ccccn3)cccc21. The largest absolute Gasteiger partial charge is 0.264 e. The first-order chi connectivity index (χ1) is 11.4. The van der Waals surface area contributed by atoms with Gasteiger partial charge in [-0.1, -0.05) is 52.0 Å². The van der Waals surface area contributed by atoms with Crippen LogP contribution in [0.15, 0.2) is 61.1 Å². The Hall–Kier alpha value is -2.48. The van der Waals surface area contributed by atoms with E-state index in [2.05, 4.69) is 74.1 Å². The van der Waals surface area contributed by atoms with Crippen LogP contribution in [0.25, 0.3) is 11.3 Å². The van der Waals surface area contributed by atoms with Crippen molar-refractivity contribution in [1.82, 2.24) is 9.97 Å². The minimum absolute atomic E-state index is 0.0477. The van der Waals surface area contributed by atoms with Gasteiger partial charge in [-0.15, -0.1) is 0 Å². The topological polar surface area (TPSA) is 25.8 Å². The fraction of sp³-hybridized carbons (Fsp3) is 0.273. The minimum Gasteiger partial charge on any atom is -0.264 e. The molecule has 0 unspecified atom stereocenters. The highest BCUT2D eigenvalue weighted by Gasteiger charge is 2.43. The molecule has 3 aromatic rings. The molecule has 4 rings (SSSR count). The highest BCUT2D eigenvalue weighted by atomic mass is 14.7. The van der Waals surface area contributed by atoms with Crippen LogP contribution in [0.2, 0.25) is 0 Å². The molecule has 0 aliphatic heterocycles. The number of hydrogen-bond acceptors (Lipinski definition) is 2. The zero-order chi connectivity index (χ0) is 16.9. The molecule has 0 fully saturated rings. The van der Waals surface area contributed by atoms with Crippen LogP contribution in [-0.4, -0.2) is 9.97 Å². The van der Waals surface area contributed by atoms with Crippen LogP contribution in [0.5, 0.6) is 0 Å². The fourth-order valence-electron chi connectivity index (χ4n) is 4.20. The lowest BCUT2D eigenvalue weighted by Crippen LogP contribution is -2.37. The van der Waals surface area contributed by atoms with E-state index < -0.39 is 0 Å². The Morgan fingerprint density at radius 2 is 1.54 bits per heavy atom. The summed E-state index contributed by atoms with van der Waals surface area (Å²) in [7, 11) is 0. The maximum absolute atomic E-state index is 4.61. The average Bonchev–Trinajstić information content (AvgIpc) is 2.61. The van der Waals surface area contributed by atoms with Crippen LogP contribution in [-0.2, 0) is 10.8 Å². The van der Waals surface area contributed by atoms with Gasteiger partial charge in [0.15, 0.2) is 0 Å². The Kier molecular flexibility index (Phi) is 3.14. The molecule has 0 bridgehead atoms. The number of rotatable bonds is 1. The van der Waals surface area contributed by atoms with Gasteiger partial charge in [0, 0.05) is 35.0 Å². The lowest BCUT2D eigenvalue weighted by Gasteiger charge is -2.44. The quantitative estimate of drug-likeness (QED) is 0.624. The summed E-state index contributed by atoms with van der Waals surface area (Å²) in [5, 5.41) is 0. The molecule has 2 aromatic heterocycles. The van der Waals surface area contributed by atoms with E-state index in [1.165, 1.54) is 27.8 Å². The van der Waals surface area contributed by atoms with Crippen LogP contribution < -0.4 is 0 Å². The van der Waals surface area contributed by atoms with E-state index >= 15 is 0 Å². The molecule has 1 aliphatic rings. The maximum Gasteiger partial charge on any atom is 0.0705 e. The highest BCUT2D eigenvalue weighted by Crippen LogP contribution is 2.51. The first-order valence-corrected chi connectivity index (χ1v) is 8.44. The molecule has 2 heterocycles. The Bertz CT molecular complexity index is 908. The van der Waals surface area contributed by atoms with E-state index in [1.807, 2.05) is 24.7 Å². The monoisotopic (exact) mass is 314 g/mol. The van der Waals surface area contributed by atoms with E-state index in [0.717, 1.165) is 5.69 Å². The van der Waals surface area contributed by atoms with Crippen molar-refractivity contribution in [3.63, 3.8) is 0 Å². The van der Waals surface area contributed by atoms with Crippen LogP contribution in [0.4, 0.5) is 0 Å². The van der Waals surface area contributed by atoms with Crippen LogP contribution in [0.3, 0.4) is 0 Å². The van der Waals surface area contributed by atoms with Crippen molar-refractivity contribution in [3.05, 3.63) is 83.3 Å². The molecule has 24 heavy (non-hydrogen) atoms. The standard InChI is InChI=1S/C22H22N2/c1-21(2)16-11-13-23-14-18(16)22(3,4)20-15(8-7-9-17(20)21)19-10-5-6-12-24-19/h5-14H,1-4H3. The van der Waals surface area contributed by atoms with Gasteiger partial charge in [0.2, 0.25) is 0 Å². The average molecular weight is 314 g/mol. The van der Waals surface area contributed by atoms with Gasteiger partial charge in [0.25, 0.3) is 0 Å². The predicted octanol–water partition coefficient (Wildman–Crippen LogP) is 5.11. The van der Waals surface area contributed by atoms with Crippen molar-refractivity contribution in [3.8, 4) is 11.3 Å². The number of benzene rings is 1. The summed E-state index contributed by atoms with van der Waals surface area (Å²) < 4.78 is 0. The zero-order valence-corrected chi connectivity index (χ0v) is 14.7. The van der Waals surface area contributed by atoms with Crippen molar-refractivity contribution >= 4 is 0 Å². The van der Waals surface area contributed by atoms with Gasteiger partial charge in [-0.3, -0.25) is 9.97 Å². The second-order valence-corrected chi connectivity index (χ2v) is 7.61. The molecule has 0 saturated heterocycles. The summed E-state index contributed by atoms with van der Waals surface area (Å²) in [6.07, 6.45) is 5.81. The van der Waals surface area contributed by atoms with E-state index in [-0.39, 0.29) is 10.8 Å². The first kappa shape index (κ1) is 15.1. The van der Waals surface area contributed by atoms with Crippen LogP contribution in [0, 0.1) is 0 Å². The molecule has 0 spiro atoms. The minimum atomic E-state index is -0.109. The van der Waals surface area contributed by atoms with Crippen molar-refractivity contribution in [1.29, 1.82) is 0 Å². The maximum atomic E-state index is 4.61. The molecule has 0 radical (unpaired) electrons. The van der Waals surface area contributed by atoms with Crippen molar-refractivity contribution < 1.29 is 0 Å². The van der Waals surface area contributed by atoms with Gasteiger partial charge in [-0.25, -0.2) is 0 Å². The molecular weight excluding hydrogens is 292 g/mol. The summed E-state index contributed by atoms with van der Waals surface area (Å²) >= 11 is 0. The van der Waals surface area contributed by atoms with Crippen molar-refractivity contribution in [2.75, 3.05) is 0 Å². The van der Waals surface area contributed by atoms with Crippen LogP contribution in [0.1, 0.15) is 49.9 Å². The Balaban J connectivity index is 2.09. The first-order valence-electron chi connectivity index (χ1n) is 8.44. The summed E-state index contributed by atoms with van der Waals surface area (Å²) in [6.45, 7) is 9.21. The number of hydrogen-bond donors (Lipinski definition) is 0. The molecule has 1 aromatic carbocycles. The lowest BCUT2D eigenvalue weighted by atomic mass is 9.59. The van der Waals surface area contributed by atoms with Gasteiger partial charge in [0.1, 0.15) is 0 Å². The van der Waals surface area contributed by atoms with Gasteiger partial charge in [0.05, 0.1) is 5.69 Å². The third-order valence-corrected chi connectivity index (χ3v) is 5.47. The third kappa shape index (κ3) is 1.96. The van der Waals surface area contributed by atoms with Crippen molar-refractivity contribution in [2.45, 2.75) is 38.5 Å². The van der Waals surface area contributed by atoms with E-state index in [4.69, 9.17) is 0 Å². The highest BCUT2D eigenvalue weighted by molar-refractivity contribution is 5.72. The van der Waals surface area contributed by atoms with E-state index in [0.29, 0.717) is 0 Å². The smallest absolute Gasteiger partial charge is 0.0705 e. The number of fused-ring (bicyclic) bond motifs is 2. The molecule has 0 atom stereocenters. The normalized spacial score (nSPS) is 17.0. The Morgan fingerprint density at radius 3 is 2.29 bits per heavy atom. The van der Waals surface area contributed by atoms with Gasteiger partial charge >= 0.3 is 0 Å². The fourth-order valence-corrected chi connectivity index (χ4v) is 4.20. The second-order valence-electron chi connectivity index (χ2n) is 7.61. The summed E-state index contributed by atoms with van der Waals surface area (Å²) in [4.78, 5) is 9.03. The molecule has 0 N–H and O–H groups in total. The molecule has 0 amide bonds. The van der Waals surface area contributed by atoms with Crippen LogP contribution >= 0.6 is 0 Å². The molecule has 2 nitrogen and oxygen atoms in total. The Morgan fingerprint density at radius 1 is 0.708 bits per heavy atom. The zero-order valence-electron chi connectivity index (χ0n) is 14.7. The molecule has 120 valence electrons. The number of nitrogens with zero attached hydrogens (tertiary/aromatic N) is 2. The summed E-state index contributed by atoms with van der Waals surface area (Å²) in [6, 6.07) is 14.9. The molecular formula is C22H22N2. The molecule has 2 heteroatoms. The molecule has 1 aliphatic carbocycles. The summed E-state index contributed by atoms with van der Waals surface area (Å²) in [5.41, 5.74) is 7.53. The van der Waals surface area contributed by atoms with Gasteiger partial charge < -0.3 is 0 Å². The molecule has 0 saturated carbocycles. The number of aromatic nitrogens is 2. The lowest BCUT2D eigenvalue weighted by molar-refractivity contribution is 0.519. The number of pyridine rings is 2. The van der Waals surface area contributed by atoms with Gasteiger partial charge in [-0.2, -0.15) is 0 Å².